The Hall–Kier alpha value is -1.03. The molecule has 104 valence electrons. The molecule has 2 N–H and O–H groups in total. The van der Waals surface area contributed by atoms with Gasteiger partial charge in [0.15, 0.2) is 0 Å². The average molecular weight is 326 g/mol. The van der Waals surface area contributed by atoms with Crippen LogP contribution in [0.25, 0.3) is 0 Å². The molecule has 0 bridgehead atoms. The number of phenolic OH excluding ortho intramolecular Hbond substituents is 1. The number of aryl methyl sites for hydroxylation is 1. The summed E-state index contributed by atoms with van der Waals surface area (Å²) >= 11 is 3.53. The molecule has 19 heavy (non-hydrogen) atoms. The lowest BCUT2D eigenvalue weighted by atomic mass is 9.86. The van der Waals surface area contributed by atoms with E-state index in [-0.39, 0.29) is 17.7 Å². The number of hydrogen-bond acceptors (Lipinski definition) is 2. The van der Waals surface area contributed by atoms with Crippen molar-refractivity contribution in [3.8, 4) is 5.75 Å². The maximum atomic E-state index is 12.2. The predicted molar refractivity (Wildman–Crippen MR) is 79.9 cm³/mol. The normalized spacial score (nSPS) is 23.1. The van der Waals surface area contributed by atoms with Crippen molar-refractivity contribution in [2.75, 3.05) is 5.33 Å². The molecular formula is C15H20BrNO2. The molecular weight excluding hydrogens is 306 g/mol. The van der Waals surface area contributed by atoms with E-state index in [1.807, 2.05) is 0 Å². The van der Waals surface area contributed by atoms with E-state index in [1.54, 1.807) is 25.1 Å². The first-order valence-corrected chi connectivity index (χ1v) is 7.90. The van der Waals surface area contributed by atoms with Crippen molar-refractivity contribution in [2.45, 2.75) is 38.6 Å². The van der Waals surface area contributed by atoms with E-state index in [4.69, 9.17) is 0 Å². The molecule has 0 saturated heterocycles. The first-order chi connectivity index (χ1) is 9.11. The van der Waals surface area contributed by atoms with Crippen LogP contribution in [-0.4, -0.2) is 22.4 Å². The number of nitrogens with one attached hydrogen (secondary N) is 1. The monoisotopic (exact) mass is 325 g/mol. The summed E-state index contributed by atoms with van der Waals surface area (Å²) in [5.74, 6) is 0.712. The first-order valence-electron chi connectivity index (χ1n) is 6.78. The Morgan fingerprint density at radius 2 is 2.16 bits per heavy atom. The highest BCUT2D eigenvalue weighted by Crippen LogP contribution is 2.26. The number of carbonyl (C=O) groups is 1. The van der Waals surface area contributed by atoms with E-state index in [1.165, 1.54) is 19.3 Å². The van der Waals surface area contributed by atoms with Gasteiger partial charge in [0.25, 0.3) is 5.91 Å². The number of phenols is 1. The molecule has 1 amide bonds. The molecule has 2 unspecified atom stereocenters. The molecule has 1 aromatic carbocycles. The second kappa shape index (κ2) is 6.42. The lowest BCUT2D eigenvalue weighted by molar-refractivity contribution is 0.0911. The number of hydrogen-bond donors (Lipinski definition) is 2. The Labute approximate surface area is 122 Å². The second-order valence-electron chi connectivity index (χ2n) is 5.28. The summed E-state index contributed by atoms with van der Waals surface area (Å²) in [4.78, 5) is 12.2. The lowest BCUT2D eigenvalue weighted by Gasteiger charge is -2.31. The quantitative estimate of drug-likeness (QED) is 0.837. The van der Waals surface area contributed by atoms with E-state index in [2.05, 4.69) is 21.2 Å². The van der Waals surface area contributed by atoms with Crippen molar-refractivity contribution in [1.82, 2.24) is 5.32 Å². The number of aromatic hydroxyl groups is 1. The third-order valence-corrected chi connectivity index (χ3v) is 4.71. The highest BCUT2D eigenvalue weighted by Gasteiger charge is 2.25. The van der Waals surface area contributed by atoms with E-state index in [9.17, 15) is 9.90 Å². The van der Waals surface area contributed by atoms with Crippen LogP contribution < -0.4 is 5.32 Å². The zero-order valence-corrected chi connectivity index (χ0v) is 12.7. The summed E-state index contributed by atoms with van der Waals surface area (Å²) in [6, 6.07) is 5.24. The van der Waals surface area contributed by atoms with E-state index < -0.39 is 0 Å². The van der Waals surface area contributed by atoms with Gasteiger partial charge < -0.3 is 10.4 Å². The molecule has 1 fully saturated rings. The van der Waals surface area contributed by atoms with E-state index in [0.29, 0.717) is 11.5 Å². The van der Waals surface area contributed by atoms with E-state index in [0.717, 1.165) is 17.3 Å². The van der Waals surface area contributed by atoms with Crippen molar-refractivity contribution in [2.24, 2.45) is 5.92 Å². The maximum Gasteiger partial charge on any atom is 0.251 e. The Kier molecular flexibility index (Phi) is 4.86. The molecule has 0 spiro atoms. The Morgan fingerprint density at radius 3 is 2.84 bits per heavy atom. The molecule has 3 nitrogen and oxygen atoms in total. The van der Waals surface area contributed by atoms with Gasteiger partial charge in [0.2, 0.25) is 0 Å². The minimum atomic E-state index is -0.0408. The molecule has 1 aliphatic rings. The third kappa shape index (κ3) is 3.50. The Bertz CT molecular complexity index is 461. The summed E-state index contributed by atoms with van der Waals surface area (Å²) in [7, 11) is 0. The van der Waals surface area contributed by atoms with Gasteiger partial charge in [-0.25, -0.2) is 0 Å². The molecule has 1 aromatic rings. The van der Waals surface area contributed by atoms with Gasteiger partial charge in [-0.3, -0.25) is 4.79 Å². The standard InChI is InChI=1S/C15H20BrNO2/c1-10-8-11(6-7-14(10)18)15(19)17-13-5-3-2-4-12(13)9-16/h6-8,12-13,18H,2-5,9H2,1H3,(H,17,19). The number of halogens is 1. The smallest absolute Gasteiger partial charge is 0.251 e. The summed E-state index contributed by atoms with van der Waals surface area (Å²) in [5.41, 5.74) is 1.35. The Morgan fingerprint density at radius 1 is 1.42 bits per heavy atom. The van der Waals surface area contributed by atoms with Gasteiger partial charge >= 0.3 is 0 Å². The molecule has 1 saturated carbocycles. The zero-order valence-electron chi connectivity index (χ0n) is 11.2. The van der Waals surface area contributed by atoms with Crippen molar-refractivity contribution < 1.29 is 9.90 Å². The number of benzene rings is 1. The van der Waals surface area contributed by atoms with Crippen LogP contribution in [-0.2, 0) is 0 Å². The maximum absolute atomic E-state index is 12.2. The van der Waals surface area contributed by atoms with Gasteiger partial charge in [-0.15, -0.1) is 0 Å². The fourth-order valence-electron chi connectivity index (χ4n) is 2.63. The molecule has 2 rings (SSSR count). The summed E-state index contributed by atoms with van der Waals surface area (Å²) < 4.78 is 0. The third-order valence-electron chi connectivity index (χ3n) is 3.88. The van der Waals surface area contributed by atoms with Crippen molar-refractivity contribution in [3.05, 3.63) is 29.3 Å². The van der Waals surface area contributed by atoms with E-state index >= 15 is 0 Å². The number of carbonyl (C=O) groups excluding carboxylic acids is 1. The van der Waals surface area contributed by atoms with Crippen LogP contribution in [0.3, 0.4) is 0 Å². The van der Waals surface area contributed by atoms with Crippen LogP contribution in [0.1, 0.15) is 41.6 Å². The highest BCUT2D eigenvalue weighted by atomic mass is 79.9. The van der Waals surface area contributed by atoms with Gasteiger partial charge in [-0.05, 0) is 49.4 Å². The summed E-state index contributed by atoms with van der Waals surface area (Å²) in [6.45, 7) is 1.80. The van der Waals surface area contributed by atoms with Crippen LogP contribution in [0.5, 0.6) is 5.75 Å². The fraction of sp³-hybridized carbons (Fsp3) is 0.533. The Balaban J connectivity index is 2.05. The number of amides is 1. The van der Waals surface area contributed by atoms with Crippen LogP contribution >= 0.6 is 15.9 Å². The van der Waals surface area contributed by atoms with Gasteiger partial charge in [0.05, 0.1) is 0 Å². The van der Waals surface area contributed by atoms with Crippen LogP contribution in [0, 0.1) is 12.8 Å². The SMILES string of the molecule is Cc1cc(C(=O)NC2CCCCC2CBr)ccc1O. The molecule has 2 atom stereocenters. The molecule has 0 radical (unpaired) electrons. The highest BCUT2D eigenvalue weighted by molar-refractivity contribution is 9.09. The van der Waals surface area contributed by atoms with Crippen molar-refractivity contribution in [1.29, 1.82) is 0 Å². The van der Waals surface area contributed by atoms with Crippen LogP contribution in [0.4, 0.5) is 0 Å². The minimum absolute atomic E-state index is 0.0408. The molecule has 4 heteroatoms. The topological polar surface area (TPSA) is 49.3 Å². The number of rotatable bonds is 3. The van der Waals surface area contributed by atoms with Gasteiger partial charge in [0.1, 0.15) is 5.75 Å². The molecule has 0 aliphatic heterocycles. The minimum Gasteiger partial charge on any atom is -0.508 e. The van der Waals surface area contributed by atoms with Gasteiger partial charge in [-0.2, -0.15) is 0 Å². The largest absolute Gasteiger partial charge is 0.508 e. The first kappa shape index (κ1) is 14.4. The number of alkyl halides is 1. The predicted octanol–water partition coefficient (Wildman–Crippen LogP) is 3.38. The fourth-order valence-corrected chi connectivity index (χ4v) is 3.41. The molecule has 0 heterocycles. The van der Waals surface area contributed by atoms with Crippen LogP contribution in [0.2, 0.25) is 0 Å². The summed E-state index contributed by atoms with van der Waals surface area (Å²) in [6.07, 6.45) is 4.66. The van der Waals surface area contributed by atoms with Gasteiger partial charge in [-0.1, -0.05) is 28.8 Å². The zero-order chi connectivity index (χ0) is 13.8. The second-order valence-corrected chi connectivity index (χ2v) is 5.93. The van der Waals surface area contributed by atoms with Crippen molar-refractivity contribution >= 4 is 21.8 Å². The summed E-state index contributed by atoms with van der Waals surface area (Å²) in [5, 5.41) is 13.6. The molecule has 0 aromatic heterocycles. The van der Waals surface area contributed by atoms with Crippen molar-refractivity contribution in [3.63, 3.8) is 0 Å². The van der Waals surface area contributed by atoms with Crippen LogP contribution in [0.15, 0.2) is 18.2 Å². The average Bonchev–Trinajstić information content (AvgIpc) is 2.42. The molecule has 1 aliphatic carbocycles. The van der Waals surface area contributed by atoms with Gasteiger partial charge in [0, 0.05) is 16.9 Å². The lowest BCUT2D eigenvalue weighted by Crippen LogP contribution is -2.42.